The SMILES string of the molecule is O=C(Nc1ccc(C2CCNCC2)cc1O)C(F)(F)F. The number of benzene rings is 1. The average molecular weight is 288 g/mol. The van der Waals surface area contributed by atoms with Crippen molar-refractivity contribution in [3.8, 4) is 5.75 Å². The third-order valence-electron chi connectivity index (χ3n) is 3.34. The summed E-state index contributed by atoms with van der Waals surface area (Å²) in [7, 11) is 0. The van der Waals surface area contributed by atoms with Crippen molar-refractivity contribution in [3.63, 3.8) is 0 Å². The number of anilines is 1. The van der Waals surface area contributed by atoms with Crippen LogP contribution >= 0.6 is 0 Å². The normalized spacial score (nSPS) is 16.9. The first-order valence-corrected chi connectivity index (χ1v) is 6.29. The summed E-state index contributed by atoms with van der Waals surface area (Å²) in [5.41, 5.74) is 0.638. The Balaban J connectivity index is 2.11. The lowest BCUT2D eigenvalue weighted by atomic mass is 9.90. The Kier molecular flexibility index (Phi) is 4.17. The summed E-state index contributed by atoms with van der Waals surface area (Å²) < 4.78 is 36.4. The Morgan fingerprint density at radius 2 is 1.95 bits per heavy atom. The Hall–Kier alpha value is -1.76. The summed E-state index contributed by atoms with van der Waals surface area (Å²) in [6.07, 6.45) is -3.15. The predicted octanol–water partition coefficient (Wildman–Crippen LogP) is 2.36. The highest BCUT2D eigenvalue weighted by molar-refractivity contribution is 5.96. The quantitative estimate of drug-likeness (QED) is 0.732. The molecule has 0 aromatic heterocycles. The molecule has 110 valence electrons. The van der Waals surface area contributed by atoms with E-state index in [0.717, 1.165) is 31.5 Å². The van der Waals surface area contributed by atoms with Crippen molar-refractivity contribution < 1.29 is 23.1 Å². The van der Waals surface area contributed by atoms with Crippen LogP contribution < -0.4 is 10.6 Å². The summed E-state index contributed by atoms with van der Waals surface area (Å²) in [4.78, 5) is 10.8. The third-order valence-corrected chi connectivity index (χ3v) is 3.34. The van der Waals surface area contributed by atoms with E-state index in [4.69, 9.17) is 0 Å². The van der Waals surface area contributed by atoms with Gasteiger partial charge in [-0.1, -0.05) is 6.07 Å². The van der Waals surface area contributed by atoms with E-state index in [1.54, 1.807) is 11.4 Å². The van der Waals surface area contributed by atoms with Crippen LogP contribution in [0.4, 0.5) is 18.9 Å². The molecular formula is C13H15F3N2O2. The Labute approximate surface area is 114 Å². The maximum absolute atomic E-state index is 12.1. The fourth-order valence-corrected chi connectivity index (χ4v) is 2.26. The maximum Gasteiger partial charge on any atom is 0.471 e. The number of phenolic OH excluding ortho intramolecular Hbond substituents is 1. The molecule has 20 heavy (non-hydrogen) atoms. The van der Waals surface area contributed by atoms with Gasteiger partial charge in [0.05, 0.1) is 5.69 Å². The molecule has 1 aliphatic rings. The number of piperidine rings is 1. The minimum atomic E-state index is -4.97. The monoisotopic (exact) mass is 288 g/mol. The minimum Gasteiger partial charge on any atom is -0.506 e. The van der Waals surface area contributed by atoms with Crippen molar-refractivity contribution in [2.75, 3.05) is 18.4 Å². The second kappa shape index (κ2) is 5.70. The molecule has 0 spiro atoms. The summed E-state index contributed by atoms with van der Waals surface area (Å²) >= 11 is 0. The molecule has 1 heterocycles. The van der Waals surface area contributed by atoms with Gasteiger partial charge in [0.15, 0.2) is 0 Å². The van der Waals surface area contributed by atoms with E-state index in [-0.39, 0.29) is 17.4 Å². The van der Waals surface area contributed by atoms with Crippen molar-refractivity contribution >= 4 is 11.6 Å². The molecule has 2 rings (SSSR count). The maximum atomic E-state index is 12.1. The van der Waals surface area contributed by atoms with Gasteiger partial charge < -0.3 is 15.7 Å². The molecule has 0 saturated carbocycles. The van der Waals surface area contributed by atoms with Gasteiger partial charge in [-0.05, 0) is 49.5 Å². The number of aromatic hydroxyl groups is 1. The summed E-state index contributed by atoms with van der Waals surface area (Å²) in [6.45, 7) is 1.75. The average Bonchev–Trinajstić information content (AvgIpc) is 2.41. The first-order chi connectivity index (χ1) is 9.38. The Bertz CT molecular complexity index is 497. The van der Waals surface area contributed by atoms with Crippen LogP contribution in [-0.4, -0.2) is 30.3 Å². The van der Waals surface area contributed by atoms with E-state index in [0.29, 0.717) is 0 Å². The molecule has 1 aromatic rings. The van der Waals surface area contributed by atoms with Gasteiger partial charge in [0.2, 0.25) is 0 Å². The number of carbonyl (C=O) groups excluding carboxylic acids is 1. The zero-order chi connectivity index (χ0) is 14.8. The number of rotatable bonds is 2. The van der Waals surface area contributed by atoms with Crippen molar-refractivity contribution in [2.45, 2.75) is 24.9 Å². The van der Waals surface area contributed by atoms with Crippen LogP contribution in [0.2, 0.25) is 0 Å². The van der Waals surface area contributed by atoms with Crippen molar-refractivity contribution in [2.24, 2.45) is 0 Å². The summed E-state index contributed by atoms with van der Waals surface area (Å²) in [5.74, 6) is -2.17. The van der Waals surface area contributed by atoms with Gasteiger partial charge in [0.1, 0.15) is 5.75 Å². The number of nitrogens with one attached hydrogen (secondary N) is 2. The lowest BCUT2D eigenvalue weighted by Gasteiger charge is -2.23. The molecular weight excluding hydrogens is 273 g/mol. The molecule has 0 radical (unpaired) electrons. The predicted molar refractivity (Wildman–Crippen MR) is 67.6 cm³/mol. The second-order valence-electron chi connectivity index (χ2n) is 4.75. The summed E-state index contributed by atoms with van der Waals surface area (Å²) in [5, 5.41) is 14.6. The molecule has 7 heteroatoms. The van der Waals surface area contributed by atoms with Gasteiger partial charge in [-0.25, -0.2) is 0 Å². The lowest BCUT2D eigenvalue weighted by Crippen LogP contribution is -2.30. The molecule has 0 bridgehead atoms. The Morgan fingerprint density at radius 1 is 1.30 bits per heavy atom. The molecule has 0 unspecified atom stereocenters. The van der Waals surface area contributed by atoms with Gasteiger partial charge in [0, 0.05) is 0 Å². The zero-order valence-corrected chi connectivity index (χ0v) is 10.6. The van der Waals surface area contributed by atoms with Crippen molar-refractivity contribution in [1.29, 1.82) is 0 Å². The van der Waals surface area contributed by atoms with Crippen LogP contribution in [0, 0.1) is 0 Å². The fraction of sp³-hybridized carbons (Fsp3) is 0.462. The first kappa shape index (κ1) is 14.6. The van der Waals surface area contributed by atoms with Crippen LogP contribution in [0.1, 0.15) is 24.3 Å². The van der Waals surface area contributed by atoms with Crippen molar-refractivity contribution in [3.05, 3.63) is 23.8 Å². The summed E-state index contributed by atoms with van der Waals surface area (Å²) in [6, 6.07) is 4.36. The molecule has 1 fully saturated rings. The van der Waals surface area contributed by atoms with E-state index < -0.39 is 12.1 Å². The number of hydrogen-bond acceptors (Lipinski definition) is 3. The van der Waals surface area contributed by atoms with Crippen LogP contribution in [-0.2, 0) is 4.79 Å². The second-order valence-corrected chi connectivity index (χ2v) is 4.75. The molecule has 1 aliphatic heterocycles. The molecule has 1 saturated heterocycles. The highest BCUT2D eigenvalue weighted by Gasteiger charge is 2.39. The van der Waals surface area contributed by atoms with E-state index in [9.17, 15) is 23.1 Å². The number of halogens is 3. The molecule has 0 aliphatic carbocycles. The van der Waals surface area contributed by atoms with Crippen LogP contribution in [0.25, 0.3) is 0 Å². The van der Waals surface area contributed by atoms with E-state index in [2.05, 4.69) is 5.32 Å². The minimum absolute atomic E-state index is 0.231. The van der Waals surface area contributed by atoms with Gasteiger partial charge in [-0.15, -0.1) is 0 Å². The van der Waals surface area contributed by atoms with Gasteiger partial charge in [-0.3, -0.25) is 4.79 Å². The molecule has 1 amide bonds. The van der Waals surface area contributed by atoms with Crippen LogP contribution in [0.3, 0.4) is 0 Å². The van der Waals surface area contributed by atoms with E-state index in [1.165, 1.54) is 12.1 Å². The number of carbonyl (C=O) groups is 1. The smallest absolute Gasteiger partial charge is 0.471 e. The number of phenols is 1. The highest BCUT2D eigenvalue weighted by Crippen LogP contribution is 2.32. The van der Waals surface area contributed by atoms with Crippen LogP contribution in [0.15, 0.2) is 18.2 Å². The lowest BCUT2D eigenvalue weighted by molar-refractivity contribution is -0.167. The van der Waals surface area contributed by atoms with Crippen molar-refractivity contribution in [1.82, 2.24) is 5.32 Å². The molecule has 3 N–H and O–H groups in total. The molecule has 0 atom stereocenters. The number of amides is 1. The zero-order valence-electron chi connectivity index (χ0n) is 10.6. The van der Waals surface area contributed by atoms with Crippen LogP contribution in [0.5, 0.6) is 5.75 Å². The molecule has 4 nitrogen and oxygen atoms in total. The van der Waals surface area contributed by atoms with Gasteiger partial charge in [0.25, 0.3) is 0 Å². The standard InChI is InChI=1S/C13H15F3N2O2/c14-13(15,16)12(20)18-10-2-1-9(7-11(10)19)8-3-5-17-6-4-8/h1-2,7-8,17,19H,3-6H2,(H,18,20). The van der Waals surface area contributed by atoms with Gasteiger partial charge in [-0.2, -0.15) is 13.2 Å². The van der Waals surface area contributed by atoms with E-state index >= 15 is 0 Å². The largest absolute Gasteiger partial charge is 0.506 e. The third kappa shape index (κ3) is 3.41. The highest BCUT2D eigenvalue weighted by atomic mass is 19.4. The topological polar surface area (TPSA) is 61.4 Å². The van der Waals surface area contributed by atoms with Gasteiger partial charge >= 0.3 is 12.1 Å². The Morgan fingerprint density at radius 3 is 2.50 bits per heavy atom. The first-order valence-electron chi connectivity index (χ1n) is 6.29. The fourth-order valence-electron chi connectivity index (χ4n) is 2.26. The molecule has 1 aromatic carbocycles. The number of alkyl halides is 3. The van der Waals surface area contributed by atoms with E-state index in [1.807, 2.05) is 0 Å². The number of hydrogen-bond donors (Lipinski definition) is 3.